The molecule has 0 unspecified atom stereocenters. The molecule has 0 aliphatic carbocycles. The van der Waals surface area contributed by atoms with E-state index in [9.17, 15) is 4.79 Å². The minimum absolute atomic E-state index is 0.0554. The molecule has 1 amide bonds. The molecule has 5 nitrogen and oxygen atoms in total. The Morgan fingerprint density at radius 2 is 1.78 bits per heavy atom. The predicted molar refractivity (Wildman–Crippen MR) is 107 cm³/mol. The second kappa shape index (κ2) is 10.1. The van der Waals surface area contributed by atoms with Crippen LogP contribution < -0.4 is 19.5 Å². The van der Waals surface area contributed by atoms with E-state index < -0.39 is 6.10 Å². The van der Waals surface area contributed by atoms with Gasteiger partial charge in [-0.1, -0.05) is 24.6 Å². The fourth-order valence-electron chi connectivity index (χ4n) is 2.48. The lowest BCUT2D eigenvalue weighted by molar-refractivity contribution is -0.128. The molecule has 0 aliphatic heterocycles. The predicted octanol–water partition coefficient (Wildman–Crippen LogP) is 4.61. The van der Waals surface area contributed by atoms with E-state index in [4.69, 9.17) is 25.8 Å². The van der Waals surface area contributed by atoms with Crippen molar-refractivity contribution in [1.82, 2.24) is 5.32 Å². The number of methoxy groups -OCH3 is 1. The Morgan fingerprint density at radius 1 is 1.07 bits per heavy atom. The number of hydrogen-bond donors (Lipinski definition) is 1. The normalized spacial score (nSPS) is 11.8. The topological polar surface area (TPSA) is 56.8 Å². The van der Waals surface area contributed by atoms with E-state index in [1.54, 1.807) is 31.4 Å². The summed E-state index contributed by atoms with van der Waals surface area (Å²) < 4.78 is 16.8. The van der Waals surface area contributed by atoms with E-state index in [1.165, 1.54) is 0 Å². The number of carbonyl (C=O) groups is 1. The minimum atomic E-state index is -0.573. The van der Waals surface area contributed by atoms with Gasteiger partial charge in [0, 0.05) is 11.6 Å². The van der Waals surface area contributed by atoms with Crippen LogP contribution in [0.5, 0.6) is 17.2 Å². The van der Waals surface area contributed by atoms with Crippen molar-refractivity contribution in [3.63, 3.8) is 0 Å². The van der Waals surface area contributed by atoms with Crippen LogP contribution in [0.15, 0.2) is 42.5 Å². The molecule has 2 aromatic rings. The van der Waals surface area contributed by atoms with Gasteiger partial charge in [-0.3, -0.25) is 4.79 Å². The molecule has 2 rings (SSSR count). The Labute approximate surface area is 165 Å². The van der Waals surface area contributed by atoms with E-state index in [0.29, 0.717) is 35.2 Å². The summed E-state index contributed by atoms with van der Waals surface area (Å²) in [5.41, 5.74) is 0.914. The number of ether oxygens (including phenoxy) is 3. The lowest BCUT2D eigenvalue weighted by Crippen LogP contribution is -2.37. The number of nitrogens with one attached hydrogen (secondary N) is 1. The van der Waals surface area contributed by atoms with Gasteiger partial charge in [-0.25, -0.2) is 0 Å². The molecule has 0 bridgehead atoms. The first-order chi connectivity index (χ1) is 12.9. The van der Waals surface area contributed by atoms with E-state index in [2.05, 4.69) is 5.32 Å². The smallest absolute Gasteiger partial charge is 0.261 e. The molecule has 1 N–H and O–H groups in total. The Bertz CT molecular complexity index is 746. The monoisotopic (exact) mass is 391 g/mol. The molecule has 1 atom stereocenters. The van der Waals surface area contributed by atoms with Crippen LogP contribution in [-0.2, 0) is 11.3 Å². The van der Waals surface area contributed by atoms with Gasteiger partial charge in [0.15, 0.2) is 17.6 Å². The first-order valence-corrected chi connectivity index (χ1v) is 9.34. The van der Waals surface area contributed by atoms with Crippen LogP contribution in [0.4, 0.5) is 0 Å². The van der Waals surface area contributed by atoms with Gasteiger partial charge in [0.2, 0.25) is 0 Å². The third kappa shape index (κ3) is 6.36. The largest absolute Gasteiger partial charge is 0.493 e. The average Bonchev–Trinajstić information content (AvgIpc) is 2.66. The lowest BCUT2D eigenvalue weighted by atomic mass is 10.2. The highest BCUT2D eigenvalue weighted by atomic mass is 35.5. The summed E-state index contributed by atoms with van der Waals surface area (Å²) in [4.78, 5) is 12.5. The summed E-state index contributed by atoms with van der Waals surface area (Å²) in [6, 6.07) is 12.6. The fourth-order valence-corrected chi connectivity index (χ4v) is 2.60. The number of carbonyl (C=O) groups excluding carboxylic acids is 1. The van der Waals surface area contributed by atoms with E-state index >= 15 is 0 Å². The van der Waals surface area contributed by atoms with Crippen molar-refractivity contribution in [3.8, 4) is 17.2 Å². The zero-order valence-corrected chi connectivity index (χ0v) is 16.9. The third-order valence-electron chi connectivity index (χ3n) is 3.81. The van der Waals surface area contributed by atoms with Crippen molar-refractivity contribution in [2.75, 3.05) is 7.11 Å². The third-order valence-corrected chi connectivity index (χ3v) is 4.06. The van der Waals surface area contributed by atoms with E-state index in [1.807, 2.05) is 39.0 Å². The van der Waals surface area contributed by atoms with E-state index in [0.717, 1.165) is 5.56 Å². The highest BCUT2D eigenvalue weighted by Gasteiger charge is 2.18. The molecule has 0 radical (unpaired) electrons. The highest BCUT2D eigenvalue weighted by Crippen LogP contribution is 2.29. The molecule has 0 aliphatic rings. The molecular formula is C21H26ClNO4. The second-order valence-electron chi connectivity index (χ2n) is 6.34. The first-order valence-electron chi connectivity index (χ1n) is 8.96. The van der Waals surface area contributed by atoms with Crippen LogP contribution in [0.25, 0.3) is 0 Å². The Hall–Kier alpha value is -2.40. The molecule has 0 heterocycles. The lowest BCUT2D eigenvalue weighted by Gasteiger charge is -2.18. The SMILES string of the molecule is CC[C@@H](Oc1ccc(Cl)cc1)C(=O)NCc1ccc(OC(C)C)c(OC)c1. The van der Waals surface area contributed by atoms with Gasteiger partial charge < -0.3 is 19.5 Å². The number of amides is 1. The quantitative estimate of drug-likeness (QED) is 0.678. The summed E-state index contributed by atoms with van der Waals surface area (Å²) in [6.45, 7) is 6.19. The van der Waals surface area contributed by atoms with Crippen molar-refractivity contribution in [3.05, 3.63) is 53.1 Å². The molecule has 0 fully saturated rings. The van der Waals surface area contributed by atoms with Gasteiger partial charge in [-0.05, 0) is 62.2 Å². The van der Waals surface area contributed by atoms with Crippen molar-refractivity contribution in [2.24, 2.45) is 0 Å². The van der Waals surface area contributed by atoms with Gasteiger partial charge in [-0.2, -0.15) is 0 Å². The van der Waals surface area contributed by atoms with E-state index in [-0.39, 0.29) is 12.0 Å². The van der Waals surface area contributed by atoms with Gasteiger partial charge >= 0.3 is 0 Å². The number of rotatable bonds is 9. The van der Waals surface area contributed by atoms with Gasteiger partial charge in [0.05, 0.1) is 13.2 Å². The summed E-state index contributed by atoms with van der Waals surface area (Å²) in [5.74, 6) is 1.76. The molecule has 0 saturated heterocycles. The minimum Gasteiger partial charge on any atom is -0.493 e. The second-order valence-corrected chi connectivity index (χ2v) is 6.77. The first kappa shape index (κ1) is 20.9. The molecule has 0 saturated carbocycles. The van der Waals surface area contributed by atoms with Gasteiger partial charge in [-0.15, -0.1) is 0 Å². The summed E-state index contributed by atoms with van der Waals surface area (Å²) in [7, 11) is 1.60. The van der Waals surface area contributed by atoms with Crippen molar-refractivity contribution in [1.29, 1.82) is 0 Å². The van der Waals surface area contributed by atoms with Crippen molar-refractivity contribution < 1.29 is 19.0 Å². The summed E-state index contributed by atoms with van der Waals surface area (Å²) in [5, 5.41) is 3.53. The molecule has 146 valence electrons. The molecule has 27 heavy (non-hydrogen) atoms. The van der Waals surface area contributed by atoms with Gasteiger partial charge in [0.25, 0.3) is 5.91 Å². The Balaban J connectivity index is 1.97. The van der Waals surface area contributed by atoms with Crippen molar-refractivity contribution >= 4 is 17.5 Å². The Kier molecular flexibility index (Phi) is 7.80. The van der Waals surface area contributed by atoms with Gasteiger partial charge in [0.1, 0.15) is 5.75 Å². The zero-order chi connectivity index (χ0) is 19.8. The molecule has 2 aromatic carbocycles. The maximum Gasteiger partial charge on any atom is 0.261 e. The van der Waals surface area contributed by atoms with Crippen LogP contribution in [0, 0.1) is 0 Å². The average molecular weight is 392 g/mol. The van der Waals surface area contributed by atoms with Crippen LogP contribution >= 0.6 is 11.6 Å². The zero-order valence-electron chi connectivity index (χ0n) is 16.1. The molecule has 0 spiro atoms. The fraction of sp³-hybridized carbons (Fsp3) is 0.381. The molecule has 0 aromatic heterocycles. The highest BCUT2D eigenvalue weighted by molar-refractivity contribution is 6.30. The van der Waals surface area contributed by atoms with Crippen LogP contribution in [0.1, 0.15) is 32.8 Å². The molecular weight excluding hydrogens is 366 g/mol. The number of halogens is 1. The summed E-state index contributed by atoms with van der Waals surface area (Å²) in [6.07, 6.45) is 0.0373. The van der Waals surface area contributed by atoms with Crippen molar-refractivity contribution in [2.45, 2.75) is 45.9 Å². The maximum atomic E-state index is 12.5. The standard InChI is InChI=1S/C21H26ClNO4/c1-5-18(27-17-9-7-16(22)8-10-17)21(24)23-13-15-6-11-19(26-14(2)3)20(12-15)25-4/h6-12,14,18H,5,13H2,1-4H3,(H,23,24)/t18-/m1/s1. The number of benzene rings is 2. The van der Waals surface area contributed by atoms with Crippen LogP contribution in [0.2, 0.25) is 5.02 Å². The number of hydrogen-bond acceptors (Lipinski definition) is 4. The summed E-state index contributed by atoms with van der Waals surface area (Å²) >= 11 is 5.87. The van der Waals surface area contributed by atoms with Crippen LogP contribution in [0.3, 0.4) is 0 Å². The molecule has 6 heteroatoms. The Morgan fingerprint density at radius 3 is 2.37 bits per heavy atom. The van der Waals surface area contributed by atoms with Crippen LogP contribution in [-0.4, -0.2) is 25.2 Å². The maximum absolute atomic E-state index is 12.5.